The van der Waals surface area contributed by atoms with Crippen molar-refractivity contribution >= 4 is 11.6 Å². The van der Waals surface area contributed by atoms with Gasteiger partial charge < -0.3 is 10.4 Å². The first kappa shape index (κ1) is 12.5. The predicted octanol–water partition coefficient (Wildman–Crippen LogP) is 2.59. The second-order valence-electron chi connectivity index (χ2n) is 3.66. The molecule has 0 saturated heterocycles. The summed E-state index contributed by atoms with van der Waals surface area (Å²) in [5, 5.41) is 13.4. The summed E-state index contributed by atoms with van der Waals surface area (Å²) in [4.78, 5) is 0. The molecule has 1 aromatic carbocycles. The molecule has 0 aliphatic rings. The average molecular weight is 228 g/mol. The zero-order valence-corrected chi connectivity index (χ0v) is 9.80. The molecule has 1 aromatic rings. The normalized spacial score (nSPS) is 12.7. The lowest BCUT2D eigenvalue weighted by Gasteiger charge is -2.08. The molecule has 1 unspecified atom stereocenters. The standard InChI is InChI=1S/C12H18ClNO/c1-2-12(15)6-7-14-9-10-4-3-5-11(13)8-10/h3-5,8,12,14-15H,2,6-7,9H2,1H3. The number of halogens is 1. The Morgan fingerprint density at radius 3 is 2.93 bits per heavy atom. The predicted molar refractivity (Wildman–Crippen MR) is 64.1 cm³/mol. The first-order valence-electron chi connectivity index (χ1n) is 5.35. The third-order valence-electron chi connectivity index (χ3n) is 2.34. The summed E-state index contributed by atoms with van der Waals surface area (Å²) in [6.45, 7) is 3.63. The third kappa shape index (κ3) is 5.17. The molecule has 15 heavy (non-hydrogen) atoms. The number of hydrogen-bond donors (Lipinski definition) is 2. The Morgan fingerprint density at radius 2 is 2.27 bits per heavy atom. The van der Waals surface area contributed by atoms with Gasteiger partial charge in [-0.2, -0.15) is 0 Å². The Kier molecular flexibility index (Phi) is 5.69. The molecule has 1 rings (SSSR count). The molecule has 1 atom stereocenters. The van der Waals surface area contributed by atoms with Crippen LogP contribution in [0.5, 0.6) is 0 Å². The number of aliphatic hydroxyl groups is 1. The van der Waals surface area contributed by atoms with Crippen LogP contribution in [0.3, 0.4) is 0 Å². The molecule has 0 radical (unpaired) electrons. The van der Waals surface area contributed by atoms with E-state index in [9.17, 15) is 5.11 Å². The molecule has 0 saturated carbocycles. The Hall–Kier alpha value is -0.570. The highest BCUT2D eigenvalue weighted by atomic mass is 35.5. The van der Waals surface area contributed by atoms with Gasteiger partial charge in [0.15, 0.2) is 0 Å². The van der Waals surface area contributed by atoms with Crippen molar-refractivity contribution in [3.63, 3.8) is 0 Å². The van der Waals surface area contributed by atoms with Crippen molar-refractivity contribution in [3.8, 4) is 0 Å². The number of aliphatic hydroxyl groups excluding tert-OH is 1. The molecule has 3 heteroatoms. The van der Waals surface area contributed by atoms with Gasteiger partial charge in [-0.25, -0.2) is 0 Å². The third-order valence-corrected chi connectivity index (χ3v) is 2.58. The highest BCUT2D eigenvalue weighted by molar-refractivity contribution is 6.30. The van der Waals surface area contributed by atoms with E-state index in [0.717, 1.165) is 31.0 Å². The SMILES string of the molecule is CCC(O)CCNCc1cccc(Cl)c1. The first-order valence-corrected chi connectivity index (χ1v) is 5.73. The van der Waals surface area contributed by atoms with Gasteiger partial charge in [-0.15, -0.1) is 0 Å². The molecule has 0 aliphatic carbocycles. The van der Waals surface area contributed by atoms with Crippen molar-refractivity contribution < 1.29 is 5.11 Å². The van der Waals surface area contributed by atoms with Crippen molar-refractivity contribution in [3.05, 3.63) is 34.9 Å². The molecule has 0 amide bonds. The molecule has 0 aromatic heterocycles. The molecule has 0 spiro atoms. The maximum atomic E-state index is 9.34. The Morgan fingerprint density at radius 1 is 1.47 bits per heavy atom. The van der Waals surface area contributed by atoms with Crippen LogP contribution < -0.4 is 5.32 Å². The fourth-order valence-electron chi connectivity index (χ4n) is 1.35. The van der Waals surface area contributed by atoms with Crippen molar-refractivity contribution in [2.45, 2.75) is 32.4 Å². The van der Waals surface area contributed by atoms with Crippen LogP contribution in [0.15, 0.2) is 24.3 Å². The molecular formula is C12H18ClNO. The number of rotatable bonds is 6. The van der Waals surface area contributed by atoms with E-state index in [1.54, 1.807) is 0 Å². The van der Waals surface area contributed by atoms with E-state index in [2.05, 4.69) is 5.32 Å². The zero-order valence-electron chi connectivity index (χ0n) is 9.04. The van der Waals surface area contributed by atoms with Crippen LogP contribution in [0.1, 0.15) is 25.3 Å². The summed E-state index contributed by atoms with van der Waals surface area (Å²) in [7, 11) is 0. The fourth-order valence-corrected chi connectivity index (χ4v) is 1.57. The Labute approximate surface area is 96.3 Å². The second-order valence-corrected chi connectivity index (χ2v) is 4.09. The summed E-state index contributed by atoms with van der Waals surface area (Å²) in [5.41, 5.74) is 1.17. The first-order chi connectivity index (χ1) is 7.22. The van der Waals surface area contributed by atoms with Crippen LogP contribution >= 0.6 is 11.6 Å². The van der Waals surface area contributed by atoms with Crippen molar-refractivity contribution in [1.29, 1.82) is 0 Å². The molecule has 0 fully saturated rings. The lowest BCUT2D eigenvalue weighted by atomic mass is 10.2. The summed E-state index contributed by atoms with van der Waals surface area (Å²) >= 11 is 5.86. The van der Waals surface area contributed by atoms with E-state index in [0.29, 0.717) is 0 Å². The zero-order chi connectivity index (χ0) is 11.1. The van der Waals surface area contributed by atoms with E-state index in [-0.39, 0.29) is 6.10 Å². The molecule has 2 nitrogen and oxygen atoms in total. The van der Waals surface area contributed by atoms with Gasteiger partial charge in [0, 0.05) is 11.6 Å². The molecule has 0 aliphatic heterocycles. The molecule has 0 heterocycles. The largest absolute Gasteiger partial charge is 0.393 e. The number of hydrogen-bond acceptors (Lipinski definition) is 2. The minimum absolute atomic E-state index is 0.183. The van der Waals surface area contributed by atoms with Crippen LogP contribution in [0, 0.1) is 0 Å². The molecule has 84 valence electrons. The number of nitrogens with one attached hydrogen (secondary N) is 1. The molecular weight excluding hydrogens is 210 g/mol. The molecule has 0 bridgehead atoms. The van der Waals surface area contributed by atoms with E-state index >= 15 is 0 Å². The van der Waals surface area contributed by atoms with Crippen LogP contribution in [0.4, 0.5) is 0 Å². The van der Waals surface area contributed by atoms with Gasteiger partial charge in [0.2, 0.25) is 0 Å². The van der Waals surface area contributed by atoms with Gasteiger partial charge in [0.05, 0.1) is 6.10 Å². The van der Waals surface area contributed by atoms with Crippen molar-refractivity contribution in [2.75, 3.05) is 6.54 Å². The van der Waals surface area contributed by atoms with Gasteiger partial charge in [0.1, 0.15) is 0 Å². The van der Waals surface area contributed by atoms with Crippen molar-refractivity contribution in [2.24, 2.45) is 0 Å². The van der Waals surface area contributed by atoms with Gasteiger partial charge in [-0.05, 0) is 37.1 Å². The van der Waals surface area contributed by atoms with Gasteiger partial charge in [-0.1, -0.05) is 30.7 Å². The van der Waals surface area contributed by atoms with Gasteiger partial charge in [-0.3, -0.25) is 0 Å². The average Bonchev–Trinajstić information content (AvgIpc) is 2.24. The monoisotopic (exact) mass is 227 g/mol. The van der Waals surface area contributed by atoms with E-state index in [4.69, 9.17) is 11.6 Å². The minimum Gasteiger partial charge on any atom is -0.393 e. The topological polar surface area (TPSA) is 32.3 Å². The lowest BCUT2D eigenvalue weighted by Crippen LogP contribution is -2.19. The van der Waals surface area contributed by atoms with Crippen LogP contribution in [-0.2, 0) is 6.54 Å². The quantitative estimate of drug-likeness (QED) is 0.733. The smallest absolute Gasteiger partial charge is 0.0549 e. The number of benzene rings is 1. The van der Waals surface area contributed by atoms with Crippen LogP contribution in [0.2, 0.25) is 5.02 Å². The van der Waals surface area contributed by atoms with E-state index < -0.39 is 0 Å². The summed E-state index contributed by atoms with van der Waals surface area (Å²) in [6.07, 6.45) is 1.44. The van der Waals surface area contributed by atoms with E-state index in [1.165, 1.54) is 5.56 Å². The maximum absolute atomic E-state index is 9.34. The summed E-state index contributed by atoms with van der Waals surface area (Å²) < 4.78 is 0. The highest BCUT2D eigenvalue weighted by Crippen LogP contribution is 2.10. The Balaban J connectivity index is 2.20. The van der Waals surface area contributed by atoms with Gasteiger partial charge >= 0.3 is 0 Å². The maximum Gasteiger partial charge on any atom is 0.0549 e. The summed E-state index contributed by atoms with van der Waals surface area (Å²) in [5.74, 6) is 0. The summed E-state index contributed by atoms with van der Waals surface area (Å²) in [6, 6.07) is 7.80. The Bertz CT molecular complexity index is 291. The van der Waals surface area contributed by atoms with Gasteiger partial charge in [0.25, 0.3) is 0 Å². The van der Waals surface area contributed by atoms with E-state index in [1.807, 2.05) is 31.2 Å². The lowest BCUT2D eigenvalue weighted by molar-refractivity contribution is 0.159. The fraction of sp³-hybridized carbons (Fsp3) is 0.500. The van der Waals surface area contributed by atoms with Crippen LogP contribution in [0.25, 0.3) is 0 Å². The highest BCUT2D eigenvalue weighted by Gasteiger charge is 1.99. The van der Waals surface area contributed by atoms with Crippen molar-refractivity contribution in [1.82, 2.24) is 5.32 Å². The second kappa shape index (κ2) is 6.83. The van der Waals surface area contributed by atoms with Crippen LogP contribution in [-0.4, -0.2) is 17.8 Å². The molecule has 2 N–H and O–H groups in total. The minimum atomic E-state index is -0.183.